The van der Waals surface area contributed by atoms with Crippen molar-refractivity contribution in [1.29, 1.82) is 0 Å². The first-order valence-corrected chi connectivity index (χ1v) is 7.22. The van der Waals surface area contributed by atoms with Crippen LogP contribution in [0.15, 0.2) is 24.3 Å². The Hall–Kier alpha value is -1.35. The second-order valence-electron chi connectivity index (χ2n) is 5.59. The first kappa shape index (κ1) is 14.1. The van der Waals surface area contributed by atoms with Crippen molar-refractivity contribution in [2.24, 2.45) is 5.92 Å². The minimum atomic E-state index is -0.0959. The molecule has 1 aliphatic rings. The van der Waals surface area contributed by atoms with Gasteiger partial charge in [0, 0.05) is 12.6 Å². The van der Waals surface area contributed by atoms with Crippen LogP contribution in [0.4, 0.5) is 0 Å². The number of carbonyl (C=O) groups excluding carboxylic acids is 1. The second kappa shape index (κ2) is 6.20. The predicted octanol–water partition coefficient (Wildman–Crippen LogP) is 2.25. The van der Waals surface area contributed by atoms with Gasteiger partial charge in [-0.05, 0) is 30.4 Å². The zero-order valence-corrected chi connectivity index (χ0v) is 12.1. The van der Waals surface area contributed by atoms with Crippen LogP contribution >= 0.6 is 0 Å². The number of hydrogen-bond acceptors (Lipinski definition) is 2. The largest absolute Gasteiger partial charge is 0.352 e. The third kappa shape index (κ3) is 3.35. The topological polar surface area (TPSA) is 41.1 Å². The van der Waals surface area contributed by atoms with Crippen LogP contribution in [-0.2, 0) is 17.8 Å². The quantitative estimate of drug-likeness (QED) is 0.872. The summed E-state index contributed by atoms with van der Waals surface area (Å²) in [5.41, 5.74) is 2.60. The summed E-state index contributed by atoms with van der Waals surface area (Å²) in [6.07, 6.45) is 1.87. The molecule has 0 aliphatic carbocycles. The molecular formula is C16H24N2O. The van der Waals surface area contributed by atoms with E-state index in [0.717, 1.165) is 19.4 Å². The van der Waals surface area contributed by atoms with Crippen LogP contribution in [0, 0.1) is 5.92 Å². The highest BCUT2D eigenvalue weighted by Crippen LogP contribution is 2.16. The normalized spacial score (nSPS) is 21.3. The zero-order chi connectivity index (χ0) is 13.8. The fraction of sp³-hybridized carbons (Fsp3) is 0.562. The summed E-state index contributed by atoms with van der Waals surface area (Å²) in [6.45, 7) is 7.20. The van der Waals surface area contributed by atoms with E-state index in [1.54, 1.807) is 0 Å². The molecule has 2 N–H and O–H groups in total. The van der Waals surface area contributed by atoms with Gasteiger partial charge in [-0.15, -0.1) is 0 Å². The minimum Gasteiger partial charge on any atom is -0.352 e. The van der Waals surface area contributed by atoms with E-state index in [2.05, 4.69) is 43.5 Å². The molecule has 0 aromatic heterocycles. The molecule has 0 spiro atoms. The number of fused-ring (bicyclic) bond motifs is 1. The third-order valence-electron chi connectivity index (χ3n) is 4.27. The molecule has 19 heavy (non-hydrogen) atoms. The summed E-state index contributed by atoms with van der Waals surface area (Å²) in [7, 11) is 0. The van der Waals surface area contributed by atoms with Gasteiger partial charge in [0.05, 0.1) is 6.04 Å². The Kier molecular flexibility index (Phi) is 4.59. The van der Waals surface area contributed by atoms with Gasteiger partial charge < -0.3 is 10.6 Å². The summed E-state index contributed by atoms with van der Waals surface area (Å²) in [5, 5.41) is 6.45. The van der Waals surface area contributed by atoms with Crippen molar-refractivity contribution in [2.45, 2.75) is 52.2 Å². The Morgan fingerprint density at radius 3 is 2.74 bits per heavy atom. The Morgan fingerprint density at radius 2 is 2.05 bits per heavy atom. The maximum Gasteiger partial charge on any atom is 0.237 e. The van der Waals surface area contributed by atoms with Crippen molar-refractivity contribution in [2.75, 3.05) is 0 Å². The Bertz CT molecular complexity index is 444. The molecule has 1 aromatic rings. The van der Waals surface area contributed by atoms with E-state index < -0.39 is 0 Å². The van der Waals surface area contributed by atoms with Crippen molar-refractivity contribution >= 4 is 5.91 Å². The molecular weight excluding hydrogens is 236 g/mol. The molecule has 3 heteroatoms. The van der Waals surface area contributed by atoms with Gasteiger partial charge in [0.15, 0.2) is 0 Å². The lowest BCUT2D eigenvalue weighted by Crippen LogP contribution is -2.51. The van der Waals surface area contributed by atoms with Gasteiger partial charge in [0.2, 0.25) is 5.91 Å². The molecule has 3 nitrogen and oxygen atoms in total. The Balaban J connectivity index is 1.95. The average Bonchev–Trinajstić information content (AvgIpc) is 2.45. The summed E-state index contributed by atoms with van der Waals surface area (Å²) >= 11 is 0. The lowest BCUT2D eigenvalue weighted by molar-refractivity contribution is -0.124. The van der Waals surface area contributed by atoms with Crippen molar-refractivity contribution in [3.8, 4) is 0 Å². The van der Waals surface area contributed by atoms with Crippen LogP contribution < -0.4 is 10.6 Å². The van der Waals surface area contributed by atoms with E-state index in [4.69, 9.17) is 0 Å². The highest BCUT2D eigenvalue weighted by atomic mass is 16.2. The molecule has 3 atom stereocenters. The van der Waals surface area contributed by atoms with Crippen molar-refractivity contribution in [1.82, 2.24) is 10.6 Å². The summed E-state index contributed by atoms with van der Waals surface area (Å²) in [6, 6.07) is 8.47. The van der Waals surface area contributed by atoms with Crippen LogP contribution in [0.25, 0.3) is 0 Å². The number of hydrogen-bond donors (Lipinski definition) is 2. The van der Waals surface area contributed by atoms with E-state index in [1.165, 1.54) is 11.1 Å². The third-order valence-corrected chi connectivity index (χ3v) is 4.27. The fourth-order valence-electron chi connectivity index (χ4n) is 2.46. The molecule has 1 aromatic carbocycles. The van der Waals surface area contributed by atoms with Gasteiger partial charge in [-0.25, -0.2) is 0 Å². The molecule has 1 aliphatic heterocycles. The maximum absolute atomic E-state index is 12.3. The van der Waals surface area contributed by atoms with Gasteiger partial charge in [-0.2, -0.15) is 0 Å². The zero-order valence-electron chi connectivity index (χ0n) is 12.1. The van der Waals surface area contributed by atoms with Gasteiger partial charge in [0.1, 0.15) is 0 Å². The molecule has 104 valence electrons. The van der Waals surface area contributed by atoms with Gasteiger partial charge in [-0.3, -0.25) is 4.79 Å². The van der Waals surface area contributed by atoms with Crippen molar-refractivity contribution in [3.05, 3.63) is 35.4 Å². The van der Waals surface area contributed by atoms with Gasteiger partial charge >= 0.3 is 0 Å². The second-order valence-corrected chi connectivity index (χ2v) is 5.59. The van der Waals surface area contributed by atoms with E-state index in [9.17, 15) is 4.79 Å². The van der Waals surface area contributed by atoms with Crippen molar-refractivity contribution in [3.63, 3.8) is 0 Å². The fourth-order valence-corrected chi connectivity index (χ4v) is 2.46. The SMILES string of the molecule is CCC(C)C(C)NC(=O)C1Cc2ccccc2CN1. The number of rotatable bonds is 4. The average molecular weight is 260 g/mol. The number of nitrogens with one attached hydrogen (secondary N) is 2. The Morgan fingerprint density at radius 1 is 1.37 bits per heavy atom. The van der Waals surface area contributed by atoms with Crippen LogP contribution in [0.2, 0.25) is 0 Å². The van der Waals surface area contributed by atoms with Crippen LogP contribution in [-0.4, -0.2) is 18.0 Å². The standard InChI is InChI=1S/C16H24N2O/c1-4-11(2)12(3)18-16(19)15-9-13-7-5-6-8-14(13)10-17-15/h5-8,11-12,15,17H,4,9-10H2,1-3H3,(H,18,19). The molecule has 0 fully saturated rings. The minimum absolute atomic E-state index is 0.0959. The highest BCUT2D eigenvalue weighted by Gasteiger charge is 2.25. The smallest absolute Gasteiger partial charge is 0.237 e. The van der Waals surface area contributed by atoms with Crippen LogP contribution in [0.1, 0.15) is 38.3 Å². The molecule has 0 saturated heterocycles. The highest BCUT2D eigenvalue weighted by molar-refractivity contribution is 5.82. The van der Waals surface area contributed by atoms with Crippen LogP contribution in [0.3, 0.4) is 0 Å². The molecule has 0 radical (unpaired) electrons. The first-order chi connectivity index (χ1) is 9.11. The van der Waals surface area contributed by atoms with E-state index in [0.29, 0.717) is 5.92 Å². The van der Waals surface area contributed by atoms with Crippen molar-refractivity contribution < 1.29 is 4.79 Å². The van der Waals surface area contributed by atoms with E-state index in [-0.39, 0.29) is 18.0 Å². The number of amides is 1. The number of benzene rings is 1. The maximum atomic E-state index is 12.3. The van der Waals surface area contributed by atoms with Gasteiger partial charge in [0.25, 0.3) is 0 Å². The Labute approximate surface area is 115 Å². The summed E-state index contributed by atoms with van der Waals surface area (Å²) < 4.78 is 0. The van der Waals surface area contributed by atoms with Crippen LogP contribution in [0.5, 0.6) is 0 Å². The number of carbonyl (C=O) groups is 1. The predicted molar refractivity (Wildman–Crippen MR) is 77.8 cm³/mol. The molecule has 0 bridgehead atoms. The molecule has 3 unspecified atom stereocenters. The lowest BCUT2D eigenvalue weighted by atomic mass is 9.94. The molecule has 1 amide bonds. The molecule has 2 rings (SSSR count). The first-order valence-electron chi connectivity index (χ1n) is 7.22. The summed E-state index contributed by atoms with van der Waals surface area (Å²) in [4.78, 5) is 12.3. The van der Waals surface area contributed by atoms with E-state index in [1.807, 2.05) is 12.1 Å². The lowest BCUT2D eigenvalue weighted by Gasteiger charge is -2.28. The van der Waals surface area contributed by atoms with E-state index >= 15 is 0 Å². The summed E-state index contributed by atoms with van der Waals surface area (Å²) in [5.74, 6) is 0.641. The monoisotopic (exact) mass is 260 g/mol. The molecule has 1 heterocycles. The molecule has 0 saturated carbocycles. The van der Waals surface area contributed by atoms with Gasteiger partial charge in [-0.1, -0.05) is 44.5 Å².